The summed E-state index contributed by atoms with van der Waals surface area (Å²) in [4.78, 5) is 12.8. The molecule has 0 aliphatic heterocycles. The highest BCUT2D eigenvalue weighted by molar-refractivity contribution is 7.98. The number of nitrogens with one attached hydrogen (secondary N) is 1. The number of amides is 1. The standard InChI is InChI=1S/C15H19ClN2OS2/c1-20-9-4-2-3-8-18-15(19)14-13(17)12-10(16)6-5-7-11(12)21-14/h5-7H,2-4,8-9,17H2,1H3,(H,18,19). The van der Waals surface area contributed by atoms with Crippen molar-refractivity contribution in [2.45, 2.75) is 19.3 Å². The molecule has 114 valence electrons. The van der Waals surface area contributed by atoms with E-state index in [1.165, 1.54) is 23.5 Å². The number of nitrogen functional groups attached to an aromatic ring is 1. The maximum absolute atomic E-state index is 12.2. The fourth-order valence-corrected chi connectivity index (χ4v) is 4.02. The Morgan fingerprint density at radius 2 is 2.19 bits per heavy atom. The molecule has 0 radical (unpaired) electrons. The van der Waals surface area contributed by atoms with E-state index in [4.69, 9.17) is 17.3 Å². The number of benzene rings is 1. The molecule has 0 bridgehead atoms. The minimum Gasteiger partial charge on any atom is -0.397 e. The fraction of sp³-hybridized carbons (Fsp3) is 0.400. The Labute approximate surface area is 138 Å². The first-order valence-electron chi connectivity index (χ1n) is 6.88. The summed E-state index contributed by atoms with van der Waals surface area (Å²) >= 11 is 9.40. The first kappa shape index (κ1) is 16.5. The highest BCUT2D eigenvalue weighted by Crippen LogP contribution is 2.37. The smallest absolute Gasteiger partial charge is 0.263 e. The molecule has 3 nitrogen and oxygen atoms in total. The van der Waals surface area contributed by atoms with Gasteiger partial charge in [-0.25, -0.2) is 0 Å². The van der Waals surface area contributed by atoms with Crippen molar-refractivity contribution in [1.82, 2.24) is 5.32 Å². The zero-order valence-corrected chi connectivity index (χ0v) is 14.3. The van der Waals surface area contributed by atoms with Gasteiger partial charge in [-0.15, -0.1) is 11.3 Å². The summed E-state index contributed by atoms with van der Waals surface area (Å²) in [7, 11) is 0. The van der Waals surface area contributed by atoms with E-state index in [1.54, 1.807) is 6.07 Å². The van der Waals surface area contributed by atoms with Gasteiger partial charge in [-0.2, -0.15) is 11.8 Å². The number of nitrogens with two attached hydrogens (primary N) is 1. The molecule has 2 aromatic rings. The van der Waals surface area contributed by atoms with E-state index in [0.29, 0.717) is 22.1 Å². The normalized spacial score (nSPS) is 11.0. The lowest BCUT2D eigenvalue weighted by atomic mass is 10.2. The van der Waals surface area contributed by atoms with Gasteiger partial charge in [-0.3, -0.25) is 4.79 Å². The van der Waals surface area contributed by atoms with Crippen molar-refractivity contribution in [1.29, 1.82) is 0 Å². The van der Waals surface area contributed by atoms with Crippen molar-refractivity contribution in [2.75, 3.05) is 24.3 Å². The molecule has 0 aliphatic rings. The third-order valence-electron chi connectivity index (χ3n) is 3.22. The summed E-state index contributed by atoms with van der Waals surface area (Å²) in [5.74, 6) is 1.07. The maximum atomic E-state index is 12.2. The second-order valence-electron chi connectivity index (χ2n) is 4.77. The lowest BCUT2D eigenvalue weighted by molar-refractivity contribution is 0.0958. The molecule has 0 unspecified atom stereocenters. The van der Waals surface area contributed by atoms with Crippen LogP contribution in [0.1, 0.15) is 28.9 Å². The summed E-state index contributed by atoms with van der Waals surface area (Å²) in [6, 6.07) is 5.59. The van der Waals surface area contributed by atoms with Crippen LogP contribution in [0, 0.1) is 0 Å². The van der Waals surface area contributed by atoms with Gasteiger partial charge in [0.1, 0.15) is 4.88 Å². The summed E-state index contributed by atoms with van der Waals surface area (Å²) in [5, 5.41) is 4.32. The lowest BCUT2D eigenvalue weighted by Crippen LogP contribution is -2.24. The minimum atomic E-state index is -0.102. The average molecular weight is 343 g/mol. The molecule has 1 aromatic carbocycles. The Bertz CT molecular complexity index is 627. The molecule has 0 saturated carbocycles. The molecular formula is C15H19ClN2OS2. The molecule has 3 N–H and O–H groups in total. The molecule has 21 heavy (non-hydrogen) atoms. The zero-order chi connectivity index (χ0) is 15.2. The molecule has 0 aliphatic carbocycles. The number of fused-ring (bicyclic) bond motifs is 1. The number of anilines is 1. The largest absolute Gasteiger partial charge is 0.397 e. The topological polar surface area (TPSA) is 55.1 Å². The number of carbonyl (C=O) groups is 1. The maximum Gasteiger partial charge on any atom is 0.263 e. The van der Waals surface area contributed by atoms with E-state index >= 15 is 0 Å². The second kappa shape index (κ2) is 7.92. The number of hydrogen-bond donors (Lipinski definition) is 2. The summed E-state index contributed by atoms with van der Waals surface area (Å²) in [5.41, 5.74) is 6.56. The van der Waals surface area contributed by atoms with Crippen LogP contribution < -0.4 is 11.1 Å². The number of rotatable bonds is 7. The van der Waals surface area contributed by atoms with Gasteiger partial charge in [0.05, 0.1) is 10.7 Å². The number of unbranched alkanes of at least 4 members (excludes halogenated alkanes) is 2. The first-order valence-corrected chi connectivity index (χ1v) is 9.47. The summed E-state index contributed by atoms with van der Waals surface area (Å²) < 4.78 is 0.949. The predicted molar refractivity (Wildman–Crippen MR) is 95.8 cm³/mol. The highest BCUT2D eigenvalue weighted by atomic mass is 35.5. The van der Waals surface area contributed by atoms with E-state index in [0.717, 1.165) is 22.9 Å². The average Bonchev–Trinajstić information content (AvgIpc) is 2.81. The van der Waals surface area contributed by atoms with E-state index in [1.807, 2.05) is 23.9 Å². The van der Waals surface area contributed by atoms with Crippen molar-refractivity contribution in [3.05, 3.63) is 28.1 Å². The van der Waals surface area contributed by atoms with Crippen LogP contribution in [-0.4, -0.2) is 24.5 Å². The minimum absolute atomic E-state index is 0.102. The van der Waals surface area contributed by atoms with Crippen LogP contribution in [-0.2, 0) is 0 Å². The van der Waals surface area contributed by atoms with Crippen molar-refractivity contribution < 1.29 is 4.79 Å². The lowest BCUT2D eigenvalue weighted by Gasteiger charge is -2.04. The van der Waals surface area contributed by atoms with Gasteiger partial charge in [0.15, 0.2) is 0 Å². The highest BCUT2D eigenvalue weighted by Gasteiger charge is 2.17. The molecule has 1 heterocycles. The van der Waals surface area contributed by atoms with Crippen LogP contribution >= 0.6 is 34.7 Å². The molecule has 0 spiro atoms. The Kier molecular flexibility index (Phi) is 6.21. The second-order valence-corrected chi connectivity index (χ2v) is 7.21. The molecule has 6 heteroatoms. The Balaban J connectivity index is 1.97. The SMILES string of the molecule is CSCCCCCNC(=O)c1sc2cccc(Cl)c2c1N. The number of hydrogen-bond acceptors (Lipinski definition) is 4. The number of halogens is 1. The molecule has 1 amide bonds. The molecule has 0 fully saturated rings. The van der Waals surface area contributed by atoms with Gasteiger partial charge in [-0.1, -0.05) is 24.1 Å². The van der Waals surface area contributed by atoms with Crippen molar-refractivity contribution in [2.24, 2.45) is 0 Å². The third-order valence-corrected chi connectivity index (χ3v) is 5.40. The zero-order valence-electron chi connectivity index (χ0n) is 11.9. The number of thiophene rings is 1. The van der Waals surface area contributed by atoms with E-state index in [-0.39, 0.29) is 5.91 Å². The predicted octanol–water partition coefficient (Wildman–Crippen LogP) is 4.40. The number of carbonyl (C=O) groups excluding carboxylic acids is 1. The Hall–Kier alpha value is -0.910. The Morgan fingerprint density at radius 3 is 2.90 bits per heavy atom. The van der Waals surface area contributed by atoms with Crippen LogP contribution in [0.25, 0.3) is 10.1 Å². The van der Waals surface area contributed by atoms with Gasteiger partial charge >= 0.3 is 0 Å². The van der Waals surface area contributed by atoms with Gasteiger partial charge in [0, 0.05) is 16.6 Å². The van der Waals surface area contributed by atoms with Crippen LogP contribution in [0.4, 0.5) is 5.69 Å². The van der Waals surface area contributed by atoms with Crippen LogP contribution in [0.3, 0.4) is 0 Å². The molecular weight excluding hydrogens is 324 g/mol. The fourth-order valence-electron chi connectivity index (χ4n) is 2.13. The summed E-state index contributed by atoms with van der Waals surface area (Å²) in [6.45, 7) is 0.689. The quantitative estimate of drug-likeness (QED) is 0.733. The van der Waals surface area contributed by atoms with Crippen molar-refractivity contribution in [3.63, 3.8) is 0 Å². The van der Waals surface area contributed by atoms with Gasteiger partial charge in [0.25, 0.3) is 5.91 Å². The van der Waals surface area contributed by atoms with Crippen molar-refractivity contribution in [3.8, 4) is 0 Å². The van der Waals surface area contributed by atoms with Crippen LogP contribution in [0.2, 0.25) is 5.02 Å². The van der Waals surface area contributed by atoms with Crippen LogP contribution in [0.5, 0.6) is 0 Å². The molecule has 1 aromatic heterocycles. The van der Waals surface area contributed by atoms with E-state index in [9.17, 15) is 4.79 Å². The van der Waals surface area contributed by atoms with E-state index < -0.39 is 0 Å². The first-order chi connectivity index (χ1) is 10.1. The molecule has 0 saturated heterocycles. The van der Waals surface area contributed by atoms with Gasteiger partial charge in [-0.05, 0) is 37.0 Å². The van der Waals surface area contributed by atoms with E-state index in [2.05, 4.69) is 11.6 Å². The van der Waals surface area contributed by atoms with Gasteiger partial charge < -0.3 is 11.1 Å². The monoisotopic (exact) mass is 342 g/mol. The third kappa shape index (κ3) is 4.05. The molecule has 2 rings (SSSR count). The van der Waals surface area contributed by atoms with Crippen LogP contribution in [0.15, 0.2) is 18.2 Å². The Morgan fingerprint density at radius 1 is 1.38 bits per heavy atom. The number of thioether (sulfide) groups is 1. The van der Waals surface area contributed by atoms with Gasteiger partial charge in [0.2, 0.25) is 0 Å². The van der Waals surface area contributed by atoms with Crippen molar-refractivity contribution >= 4 is 56.4 Å². The summed E-state index contributed by atoms with van der Waals surface area (Å²) in [6.07, 6.45) is 5.43. The molecule has 0 atom stereocenters.